The van der Waals surface area contributed by atoms with Crippen molar-refractivity contribution in [3.8, 4) is 5.75 Å². The summed E-state index contributed by atoms with van der Waals surface area (Å²) in [6, 6.07) is 9.05. The molecular weight excluding hydrogens is 388 g/mol. The Morgan fingerprint density at radius 2 is 1.87 bits per heavy atom. The lowest BCUT2D eigenvalue weighted by Gasteiger charge is -2.12. The molecule has 1 aromatic carbocycles. The van der Waals surface area contributed by atoms with Gasteiger partial charge in [0.05, 0.1) is 11.1 Å². The number of furan rings is 1. The molecule has 8 nitrogen and oxygen atoms in total. The fourth-order valence-electron chi connectivity index (χ4n) is 3.13. The van der Waals surface area contributed by atoms with Crippen molar-refractivity contribution in [1.29, 1.82) is 0 Å². The number of hydrogen-bond donors (Lipinski definition) is 1. The zero-order valence-electron chi connectivity index (χ0n) is 15.7. The molecule has 0 unspecified atom stereocenters. The van der Waals surface area contributed by atoms with Gasteiger partial charge in [-0.05, 0) is 49.4 Å². The third-order valence-electron chi connectivity index (χ3n) is 4.51. The maximum Gasteiger partial charge on any atom is 0.347 e. The molecule has 1 aliphatic carbocycles. The van der Waals surface area contributed by atoms with Crippen molar-refractivity contribution in [1.82, 2.24) is 4.98 Å². The normalized spacial score (nSPS) is 12.0. The Hall–Kier alpha value is -4.33. The highest BCUT2D eigenvalue weighted by Crippen LogP contribution is 2.33. The van der Waals surface area contributed by atoms with Crippen LogP contribution in [0.2, 0.25) is 0 Å². The molecule has 8 heteroatoms. The molecule has 2 heterocycles. The highest BCUT2D eigenvalue weighted by Gasteiger charge is 2.39. The lowest BCUT2D eigenvalue weighted by atomic mass is 9.90. The van der Waals surface area contributed by atoms with Gasteiger partial charge in [-0.1, -0.05) is 6.58 Å². The van der Waals surface area contributed by atoms with Gasteiger partial charge in [-0.25, -0.2) is 4.79 Å². The number of ether oxygens (including phenoxy) is 1. The quantitative estimate of drug-likeness (QED) is 0.317. The molecule has 0 radical (unpaired) electrons. The lowest BCUT2D eigenvalue weighted by molar-refractivity contribution is -0.111. The zero-order chi connectivity index (χ0) is 21.4. The van der Waals surface area contributed by atoms with Crippen LogP contribution in [-0.4, -0.2) is 28.4 Å². The summed E-state index contributed by atoms with van der Waals surface area (Å²) in [5.41, 5.74) is 0.306. The molecule has 0 saturated heterocycles. The second-order valence-corrected chi connectivity index (χ2v) is 6.40. The van der Waals surface area contributed by atoms with Crippen LogP contribution in [0.5, 0.6) is 5.75 Å². The van der Waals surface area contributed by atoms with Gasteiger partial charge in [0.2, 0.25) is 17.5 Å². The monoisotopic (exact) mass is 402 g/mol. The van der Waals surface area contributed by atoms with Crippen LogP contribution in [0.4, 0.5) is 5.69 Å². The number of aryl methyl sites for hydroxylation is 1. The van der Waals surface area contributed by atoms with Gasteiger partial charge >= 0.3 is 5.97 Å². The minimum Gasteiger partial charge on any atom is -0.456 e. The Bertz CT molecular complexity index is 1240. The Morgan fingerprint density at radius 1 is 1.13 bits per heavy atom. The molecule has 0 fully saturated rings. The van der Waals surface area contributed by atoms with E-state index in [9.17, 15) is 19.2 Å². The molecule has 1 N–H and O–H groups in total. The minimum atomic E-state index is -0.846. The second kappa shape index (κ2) is 7.25. The van der Waals surface area contributed by atoms with Crippen LogP contribution in [-0.2, 0) is 4.79 Å². The number of hydrogen-bond acceptors (Lipinski definition) is 7. The number of amides is 1. The van der Waals surface area contributed by atoms with Crippen molar-refractivity contribution >= 4 is 29.1 Å². The number of rotatable bonds is 4. The van der Waals surface area contributed by atoms with Crippen LogP contribution in [0.25, 0.3) is 0 Å². The predicted molar refractivity (Wildman–Crippen MR) is 105 cm³/mol. The first-order valence-electron chi connectivity index (χ1n) is 8.84. The van der Waals surface area contributed by atoms with Crippen LogP contribution in [0, 0.1) is 6.92 Å². The Morgan fingerprint density at radius 3 is 2.57 bits per heavy atom. The summed E-state index contributed by atoms with van der Waals surface area (Å²) in [6.07, 6.45) is 2.52. The molecule has 30 heavy (non-hydrogen) atoms. The molecule has 1 amide bonds. The first-order chi connectivity index (χ1) is 14.4. The van der Waals surface area contributed by atoms with E-state index in [0.29, 0.717) is 5.69 Å². The van der Waals surface area contributed by atoms with Crippen LogP contribution in [0.1, 0.15) is 48.3 Å². The molecule has 0 aliphatic heterocycles. The summed E-state index contributed by atoms with van der Waals surface area (Å²) < 4.78 is 10.8. The van der Waals surface area contributed by atoms with Gasteiger partial charge in [0, 0.05) is 11.9 Å². The van der Waals surface area contributed by atoms with E-state index in [2.05, 4.69) is 16.9 Å². The summed E-state index contributed by atoms with van der Waals surface area (Å²) in [7, 11) is 0. The lowest BCUT2D eigenvalue weighted by Crippen LogP contribution is -2.23. The summed E-state index contributed by atoms with van der Waals surface area (Å²) in [4.78, 5) is 53.7. The van der Waals surface area contributed by atoms with Crippen molar-refractivity contribution in [2.24, 2.45) is 0 Å². The number of pyridine rings is 1. The number of nitrogens with zero attached hydrogens (tertiary/aromatic N) is 1. The molecule has 0 saturated carbocycles. The molecular formula is C22H14N2O6. The van der Waals surface area contributed by atoms with Gasteiger partial charge in [0.1, 0.15) is 22.8 Å². The van der Waals surface area contributed by atoms with Crippen LogP contribution >= 0.6 is 0 Å². The topological polar surface area (TPSA) is 116 Å². The van der Waals surface area contributed by atoms with Crippen molar-refractivity contribution in [3.05, 3.63) is 89.2 Å². The van der Waals surface area contributed by atoms with Crippen molar-refractivity contribution in [2.45, 2.75) is 6.92 Å². The van der Waals surface area contributed by atoms with Crippen LogP contribution < -0.4 is 10.1 Å². The van der Waals surface area contributed by atoms with Crippen molar-refractivity contribution < 1.29 is 28.3 Å². The van der Waals surface area contributed by atoms with E-state index >= 15 is 0 Å². The molecule has 0 bridgehead atoms. The van der Waals surface area contributed by atoms with Gasteiger partial charge < -0.3 is 14.5 Å². The first-order valence-corrected chi connectivity index (χ1v) is 8.84. The SMILES string of the molecule is C=CC(=O)Nc1ccc(OC(=O)c2c(C)oc3c2C(=O)c2ncccc2C3=O)cc1. The molecule has 4 rings (SSSR count). The van der Waals surface area contributed by atoms with E-state index in [1.54, 1.807) is 6.07 Å². The summed E-state index contributed by atoms with van der Waals surface area (Å²) >= 11 is 0. The zero-order valence-corrected chi connectivity index (χ0v) is 15.7. The number of carbonyl (C=O) groups excluding carboxylic acids is 4. The maximum absolute atomic E-state index is 12.9. The molecule has 0 atom stereocenters. The van der Waals surface area contributed by atoms with Gasteiger partial charge in [-0.15, -0.1) is 0 Å². The number of aromatic nitrogens is 1. The number of nitrogens with one attached hydrogen (secondary N) is 1. The number of anilines is 1. The smallest absolute Gasteiger partial charge is 0.347 e. The summed E-state index contributed by atoms with van der Waals surface area (Å²) in [5, 5.41) is 2.57. The van der Waals surface area contributed by atoms with E-state index in [1.807, 2.05) is 0 Å². The largest absolute Gasteiger partial charge is 0.456 e. The van der Waals surface area contributed by atoms with E-state index < -0.39 is 17.5 Å². The van der Waals surface area contributed by atoms with Crippen molar-refractivity contribution in [3.63, 3.8) is 0 Å². The van der Waals surface area contributed by atoms with E-state index in [-0.39, 0.29) is 45.6 Å². The van der Waals surface area contributed by atoms with Crippen LogP contribution in [0.3, 0.4) is 0 Å². The fraction of sp³-hybridized carbons (Fsp3) is 0.0455. The Kier molecular flexibility index (Phi) is 4.59. The summed E-state index contributed by atoms with van der Waals surface area (Å²) in [6.45, 7) is 4.84. The second-order valence-electron chi connectivity index (χ2n) is 6.40. The first kappa shape index (κ1) is 19.0. The Labute approximate surface area is 170 Å². The predicted octanol–water partition coefficient (Wildman–Crippen LogP) is 3.10. The number of carbonyl (C=O) groups is 4. The average Bonchev–Trinajstić information content (AvgIpc) is 3.11. The van der Waals surface area contributed by atoms with Gasteiger partial charge in [0.15, 0.2) is 5.76 Å². The number of benzene rings is 1. The van der Waals surface area contributed by atoms with E-state index in [0.717, 1.165) is 6.08 Å². The van der Waals surface area contributed by atoms with Gasteiger partial charge in [-0.2, -0.15) is 0 Å². The van der Waals surface area contributed by atoms with Gasteiger partial charge in [-0.3, -0.25) is 19.4 Å². The van der Waals surface area contributed by atoms with E-state index in [4.69, 9.17) is 9.15 Å². The summed E-state index contributed by atoms with van der Waals surface area (Å²) in [5.74, 6) is -2.25. The third kappa shape index (κ3) is 3.10. The maximum atomic E-state index is 12.9. The molecule has 0 spiro atoms. The number of fused-ring (bicyclic) bond motifs is 2. The van der Waals surface area contributed by atoms with Crippen LogP contribution in [0.15, 0.2) is 59.7 Å². The molecule has 2 aromatic heterocycles. The number of ketones is 2. The van der Waals surface area contributed by atoms with E-state index in [1.165, 1.54) is 43.5 Å². The fourth-order valence-corrected chi connectivity index (χ4v) is 3.13. The average molecular weight is 402 g/mol. The highest BCUT2D eigenvalue weighted by atomic mass is 16.5. The molecule has 3 aromatic rings. The van der Waals surface area contributed by atoms with Crippen molar-refractivity contribution in [2.75, 3.05) is 5.32 Å². The molecule has 1 aliphatic rings. The highest BCUT2D eigenvalue weighted by molar-refractivity contribution is 6.29. The minimum absolute atomic E-state index is 0.0350. The number of esters is 1. The third-order valence-corrected chi connectivity index (χ3v) is 4.51. The standard InChI is InChI=1S/C22H14N2O6/c1-3-15(25)24-12-6-8-13(9-7-12)30-22(28)16-11(2)29-21-17(16)20(27)18-14(19(21)26)5-4-10-23-18/h3-10H,1H2,2H3,(H,24,25). The molecule has 148 valence electrons. The van der Waals surface area contributed by atoms with Gasteiger partial charge in [0.25, 0.3) is 0 Å². The Balaban J connectivity index is 1.64.